The maximum absolute atomic E-state index is 13.2. The van der Waals surface area contributed by atoms with Crippen LogP contribution >= 0.6 is 0 Å². The Morgan fingerprint density at radius 1 is 0.645 bits per heavy atom. The topological polar surface area (TPSA) is 53.0 Å². The van der Waals surface area contributed by atoms with Gasteiger partial charge in [0.1, 0.15) is 0 Å². The molecule has 0 N–H and O–H groups in total. The molecule has 0 spiro atoms. The molecule has 1 aliphatic rings. The van der Waals surface area contributed by atoms with Gasteiger partial charge in [0.25, 0.3) is 10.0 Å². The third-order valence-electron chi connectivity index (χ3n) is 5.69. The van der Waals surface area contributed by atoms with Gasteiger partial charge in [0.05, 0.1) is 4.90 Å². The summed E-state index contributed by atoms with van der Waals surface area (Å²) >= 11 is 0. The predicted molar refractivity (Wildman–Crippen MR) is 128 cm³/mol. The molecule has 1 aliphatic heterocycles. The number of aryl methyl sites for hydroxylation is 4. The standard InChI is InChI=1S/C25H27N3O2S/c1-18-10-8-11-19(2)23(18)27-16-17-28(24-20(3)12-9-13-21(24)4)25(27)26-31(29,30)22-14-6-5-7-15-22/h5-15H,16-17H2,1-4H3. The van der Waals surface area contributed by atoms with Crippen LogP contribution in [-0.4, -0.2) is 27.5 Å². The maximum Gasteiger partial charge on any atom is 0.285 e. The van der Waals surface area contributed by atoms with Gasteiger partial charge in [-0.2, -0.15) is 8.42 Å². The fourth-order valence-electron chi connectivity index (χ4n) is 4.28. The molecule has 3 aromatic rings. The van der Waals surface area contributed by atoms with Crippen LogP contribution < -0.4 is 9.80 Å². The Bertz CT molecular complexity index is 1150. The van der Waals surface area contributed by atoms with Crippen LogP contribution in [0.5, 0.6) is 0 Å². The fraction of sp³-hybridized carbons (Fsp3) is 0.240. The minimum atomic E-state index is -3.87. The number of para-hydroxylation sites is 2. The zero-order valence-electron chi connectivity index (χ0n) is 18.3. The van der Waals surface area contributed by atoms with Gasteiger partial charge in [0, 0.05) is 24.5 Å². The lowest BCUT2D eigenvalue weighted by Gasteiger charge is -2.27. The largest absolute Gasteiger partial charge is 0.309 e. The molecule has 160 valence electrons. The number of hydrogen-bond donors (Lipinski definition) is 0. The summed E-state index contributed by atoms with van der Waals surface area (Å²) in [6, 6.07) is 20.6. The van der Waals surface area contributed by atoms with Crippen LogP contribution in [-0.2, 0) is 10.0 Å². The Kier molecular flexibility index (Phi) is 5.58. The molecule has 0 aliphatic carbocycles. The molecule has 1 heterocycles. The zero-order chi connectivity index (χ0) is 22.2. The lowest BCUT2D eigenvalue weighted by atomic mass is 10.1. The number of anilines is 2. The number of hydrogen-bond acceptors (Lipinski definition) is 2. The molecule has 0 aromatic heterocycles. The summed E-state index contributed by atoms with van der Waals surface area (Å²) in [7, 11) is -3.87. The Balaban J connectivity index is 1.92. The van der Waals surface area contributed by atoms with Crippen LogP contribution in [0.3, 0.4) is 0 Å². The summed E-state index contributed by atoms with van der Waals surface area (Å²) < 4.78 is 30.9. The molecule has 0 saturated carbocycles. The number of sulfonamides is 1. The van der Waals surface area contributed by atoms with Crippen LogP contribution in [0.2, 0.25) is 0 Å². The maximum atomic E-state index is 13.2. The van der Waals surface area contributed by atoms with Gasteiger partial charge in [0.2, 0.25) is 5.96 Å². The molecule has 0 unspecified atom stereocenters. The van der Waals surface area contributed by atoms with Crippen molar-refractivity contribution in [2.45, 2.75) is 32.6 Å². The molecule has 31 heavy (non-hydrogen) atoms. The SMILES string of the molecule is Cc1cccc(C)c1N1CCN(c2c(C)cccc2C)C1=NS(=O)(=O)c1ccccc1. The average molecular weight is 434 g/mol. The molecule has 0 atom stereocenters. The van der Waals surface area contributed by atoms with E-state index in [4.69, 9.17) is 0 Å². The van der Waals surface area contributed by atoms with E-state index in [0.29, 0.717) is 19.0 Å². The van der Waals surface area contributed by atoms with E-state index in [1.165, 1.54) is 0 Å². The highest BCUT2D eigenvalue weighted by Crippen LogP contribution is 2.34. The second-order valence-corrected chi connectivity index (χ2v) is 9.57. The molecule has 4 rings (SSSR count). The van der Waals surface area contributed by atoms with E-state index in [9.17, 15) is 8.42 Å². The van der Waals surface area contributed by atoms with Gasteiger partial charge in [0.15, 0.2) is 0 Å². The highest BCUT2D eigenvalue weighted by atomic mass is 32.2. The van der Waals surface area contributed by atoms with Crippen molar-refractivity contribution >= 4 is 27.4 Å². The smallest absolute Gasteiger partial charge is 0.285 e. The second-order valence-electron chi connectivity index (χ2n) is 7.96. The van der Waals surface area contributed by atoms with Gasteiger partial charge in [-0.05, 0) is 62.1 Å². The van der Waals surface area contributed by atoms with Gasteiger partial charge in [-0.25, -0.2) is 0 Å². The first-order valence-corrected chi connectivity index (χ1v) is 11.8. The summed E-state index contributed by atoms with van der Waals surface area (Å²) in [4.78, 5) is 4.27. The summed E-state index contributed by atoms with van der Waals surface area (Å²) in [6.45, 7) is 9.51. The first kappa shape index (κ1) is 21.1. The quantitative estimate of drug-likeness (QED) is 0.582. The number of guanidine groups is 1. The Morgan fingerprint density at radius 2 is 1.06 bits per heavy atom. The first-order chi connectivity index (χ1) is 14.8. The van der Waals surface area contributed by atoms with Gasteiger partial charge >= 0.3 is 0 Å². The average Bonchev–Trinajstić information content (AvgIpc) is 3.11. The zero-order valence-corrected chi connectivity index (χ0v) is 19.1. The molecule has 0 bridgehead atoms. The first-order valence-electron chi connectivity index (χ1n) is 10.4. The molecule has 5 nitrogen and oxygen atoms in total. The minimum absolute atomic E-state index is 0.192. The second kappa shape index (κ2) is 8.19. The van der Waals surface area contributed by atoms with Crippen molar-refractivity contribution in [2.24, 2.45) is 4.40 Å². The molecule has 6 heteroatoms. The van der Waals surface area contributed by atoms with E-state index >= 15 is 0 Å². The predicted octanol–water partition coefficient (Wildman–Crippen LogP) is 4.99. The van der Waals surface area contributed by atoms with Crippen molar-refractivity contribution < 1.29 is 8.42 Å². The van der Waals surface area contributed by atoms with Crippen molar-refractivity contribution in [3.05, 3.63) is 89.0 Å². The van der Waals surface area contributed by atoms with Crippen molar-refractivity contribution in [1.29, 1.82) is 0 Å². The van der Waals surface area contributed by atoms with Crippen molar-refractivity contribution in [3.8, 4) is 0 Å². The summed E-state index contributed by atoms with van der Waals surface area (Å²) in [6.07, 6.45) is 0. The van der Waals surface area contributed by atoms with E-state index < -0.39 is 10.0 Å². The normalized spacial score (nSPS) is 14.3. The molecule has 0 amide bonds. The molecule has 0 radical (unpaired) electrons. The van der Waals surface area contributed by atoms with E-state index in [-0.39, 0.29) is 4.90 Å². The van der Waals surface area contributed by atoms with Gasteiger partial charge in [-0.15, -0.1) is 4.40 Å². The molecule has 1 saturated heterocycles. The van der Waals surface area contributed by atoms with Gasteiger partial charge in [-0.3, -0.25) is 0 Å². The summed E-state index contributed by atoms with van der Waals surface area (Å²) in [5, 5.41) is 0. The molecule has 3 aromatic carbocycles. The van der Waals surface area contributed by atoms with Crippen LogP contribution in [0, 0.1) is 27.7 Å². The van der Waals surface area contributed by atoms with Crippen LogP contribution in [0.25, 0.3) is 0 Å². The van der Waals surface area contributed by atoms with E-state index in [1.807, 2.05) is 73.9 Å². The van der Waals surface area contributed by atoms with E-state index in [0.717, 1.165) is 33.6 Å². The fourth-order valence-corrected chi connectivity index (χ4v) is 5.30. The van der Waals surface area contributed by atoms with E-state index in [2.05, 4.69) is 4.40 Å². The highest BCUT2D eigenvalue weighted by Gasteiger charge is 2.34. The Hall–Kier alpha value is -3.12. The van der Waals surface area contributed by atoms with Crippen LogP contribution in [0.4, 0.5) is 11.4 Å². The van der Waals surface area contributed by atoms with Gasteiger partial charge < -0.3 is 9.80 Å². The monoisotopic (exact) mass is 433 g/mol. The van der Waals surface area contributed by atoms with Gasteiger partial charge in [-0.1, -0.05) is 54.6 Å². The molecule has 1 fully saturated rings. The summed E-state index contributed by atoms with van der Waals surface area (Å²) in [5.41, 5.74) is 6.39. The third kappa shape index (κ3) is 3.95. The number of benzene rings is 3. The van der Waals surface area contributed by atoms with Crippen molar-refractivity contribution in [3.63, 3.8) is 0 Å². The third-order valence-corrected chi connectivity index (χ3v) is 6.96. The molecular formula is C25H27N3O2S. The minimum Gasteiger partial charge on any atom is -0.309 e. The van der Waals surface area contributed by atoms with Crippen molar-refractivity contribution in [2.75, 3.05) is 22.9 Å². The lowest BCUT2D eigenvalue weighted by molar-refractivity contribution is 0.598. The lowest BCUT2D eigenvalue weighted by Crippen LogP contribution is -2.36. The Morgan fingerprint density at radius 3 is 1.48 bits per heavy atom. The van der Waals surface area contributed by atoms with Crippen molar-refractivity contribution in [1.82, 2.24) is 0 Å². The number of rotatable bonds is 4. The molecular weight excluding hydrogens is 406 g/mol. The van der Waals surface area contributed by atoms with Crippen LogP contribution in [0.15, 0.2) is 76.0 Å². The Labute approximate surface area is 184 Å². The number of nitrogens with zero attached hydrogens (tertiary/aromatic N) is 3. The van der Waals surface area contributed by atoms with Crippen LogP contribution in [0.1, 0.15) is 22.3 Å². The highest BCUT2D eigenvalue weighted by molar-refractivity contribution is 7.90. The van der Waals surface area contributed by atoms with E-state index in [1.54, 1.807) is 30.3 Å². The summed E-state index contributed by atoms with van der Waals surface area (Å²) in [5.74, 6) is 0.443.